The van der Waals surface area contributed by atoms with Crippen LogP contribution < -0.4 is 0 Å². The standard InChI is InChI=1S/C13H22ClN3/c1-7-12(3,4)9-15-10(13(5,6)8-2)17-11(14)16-9/h7-8H2,1-6H3. The average molecular weight is 256 g/mol. The zero-order valence-electron chi connectivity index (χ0n) is 11.6. The lowest BCUT2D eigenvalue weighted by Crippen LogP contribution is -2.26. The van der Waals surface area contributed by atoms with E-state index < -0.39 is 0 Å². The molecular formula is C13H22ClN3. The Bertz CT molecular complexity index is 365. The fourth-order valence-corrected chi connectivity index (χ4v) is 1.43. The van der Waals surface area contributed by atoms with Crippen molar-refractivity contribution in [3.05, 3.63) is 16.9 Å². The summed E-state index contributed by atoms with van der Waals surface area (Å²) in [6.07, 6.45) is 1.94. The van der Waals surface area contributed by atoms with E-state index in [0.29, 0.717) is 5.28 Å². The molecule has 0 radical (unpaired) electrons. The number of halogens is 1. The lowest BCUT2D eigenvalue weighted by molar-refractivity contribution is 0.433. The predicted molar refractivity (Wildman–Crippen MR) is 71.5 cm³/mol. The van der Waals surface area contributed by atoms with Crippen LogP contribution >= 0.6 is 11.6 Å². The van der Waals surface area contributed by atoms with E-state index in [1.165, 1.54) is 0 Å². The van der Waals surface area contributed by atoms with Gasteiger partial charge in [0, 0.05) is 10.8 Å². The van der Waals surface area contributed by atoms with Gasteiger partial charge in [-0.05, 0) is 24.4 Å². The van der Waals surface area contributed by atoms with Crippen LogP contribution in [0.15, 0.2) is 0 Å². The van der Waals surface area contributed by atoms with Gasteiger partial charge in [0.1, 0.15) is 11.6 Å². The molecule has 0 aliphatic rings. The van der Waals surface area contributed by atoms with Crippen molar-refractivity contribution in [2.75, 3.05) is 0 Å². The average Bonchev–Trinajstić information content (AvgIpc) is 2.28. The van der Waals surface area contributed by atoms with Crippen molar-refractivity contribution >= 4 is 11.6 Å². The summed E-state index contributed by atoms with van der Waals surface area (Å²) in [6, 6.07) is 0. The second kappa shape index (κ2) is 4.89. The quantitative estimate of drug-likeness (QED) is 0.819. The van der Waals surface area contributed by atoms with E-state index in [0.717, 1.165) is 24.5 Å². The van der Waals surface area contributed by atoms with Crippen LogP contribution in [-0.4, -0.2) is 15.0 Å². The Kier molecular flexibility index (Phi) is 4.13. The zero-order chi connectivity index (χ0) is 13.3. The first kappa shape index (κ1) is 14.4. The number of nitrogens with zero attached hydrogens (tertiary/aromatic N) is 3. The summed E-state index contributed by atoms with van der Waals surface area (Å²) in [5.74, 6) is 1.58. The maximum atomic E-state index is 6.01. The predicted octanol–water partition coefficient (Wildman–Crippen LogP) is 3.90. The smallest absolute Gasteiger partial charge is 0.217 e. The summed E-state index contributed by atoms with van der Waals surface area (Å²) in [5, 5.41) is 0.299. The number of hydrogen-bond acceptors (Lipinski definition) is 3. The molecule has 0 aliphatic heterocycles. The normalized spacial score (nSPS) is 12.9. The monoisotopic (exact) mass is 255 g/mol. The first-order valence-electron chi connectivity index (χ1n) is 6.15. The van der Waals surface area contributed by atoms with Gasteiger partial charge in [0.2, 0.25) is 5.28 Å². The molecule has 1 rings (SSSR count). The molecule has 1 aromatic rings. The lowest BCUT2D eigenvalue weighted by Gasteiger charge is -2.25. The number of aromatic nitrogens is 3. The molecule has 0 saturated carbocycles. The summed E-state index contributed by atoms with van der Waals surface area (Å²) < 4.78 is 0. The number of hydrogen-bond donors (Lipinski definition) is 0. The summed E-state index contributed by atoms with van der Waals surface area (Å²) in [4.78, 5) is 13.1. The maximum absolute atomic E-state index is 6.01. The summed E-state index contributed by atoms with van der Waals surface area (Å²) >= 11 is 6.01. The Labute approximate surface area is 109 Å². The van der Waals surface area contributed by atoms with Crippen molar-refractivity contribution in [1.82, 2.24) is 15.0 Å². The van der Waals surface area contributed by atoms with Crippen molar-refractivity contribution < 1.29 is 0 Å². The Morgan fingerprint density at radius 3 is 1.47 bits per heavy atom. The van der Waals surface area contributed by atoms with Gasteiger partial charge in [0.25, 0.3) is 0 Å². The molecule has 0 spiro atoms. The van der Waals surface area contributed by atoms with Gasteiger partial charge in [0.15, 0.2) is 0 Å². The van der Waals surface area contributed by atoms with Gasteiger partial charge in [-0.25, -0.2) is 15.0 Å². The number of rotatable bonds is 4. The zero-order valence-corrected chi connectivity index (χ0v) is 12.4. The van der Waals surface area contributed by atoms with E-state index in [1.807, 2.05) is 0 Å². The Balaban J connectivity index is 3.29. The highest BCUT2D eigenvalue weighted by molar-refractivity contribution is 6.28. The summed E-state index contributed by atoms with van der Waals surface area (Å²) in [7, 11) is 0. The van der Waals surface area contributed by atoms with Crippen molar-refractivity contribution in [1.29, 1.82) is 0 Å². The molecule has 17 heavy (non-hydrogen) atoms. The summed E-state index contributed by atoms with van der Waals surface area (Å²) in [5.41, 5.74) is -0.129. The van der Waals surface area contributed by atoms with Gasteiger partial charge in [0.05, 0.1) is 0 Å². The van der Waals surface area contributed by atoms with Crippen molar-refractivity contribution in [2.24, 2.45) is 0 Å². The highest BCUT2D eigenvalue weighted by Crippen LogP contribution is 2.28. The highest BCUT2D eigenvalue weighted by atomic mass is 35.5. The molecule has 0 N–H and O–H groups in total. The van der Waals surface area contributed by atoms with Gasteiger partial charge in [-0.1, -0.05) is 41.5 Å². The molecular weight excluding hydrogens is 234 g/mol. The van der Waals surface area contributed by atoms with Gasteiger partial charge < -0.3 is 0 Å². The van der Waals surface area contributed by atoms with Crippen LogP contribution in [0.5, 0.6) is 0 Å². The van der Waals surface area contributed by atoms with Crippen LogP contribution in [0.3, 0.4) is 0 Å². The fraction of sp³-hybridized carbons (Fsp3) is 0.769. The molecule has 0 atom stereocenters. The van der Waals surface area contributed by atoms with Crippen LogP contribution in [0.25, 0.3) is 0 Å². The third-order valence-corrected chi connectivity index (χ3v) is 3.76. The van der Waals surface area contributed by atoms with Gasteiger partial charge >= 0.3 is 0 Å². The van der Waals surface area contributed by atoms with E-state index in [9.17, 15) is 0 Å². The Morgan fingerprint density at radius 2 is 1.18 bits per heavy atom. The molecule has 0 aromatic carbocycles. The molecule has 3 nitrogen and oxygen atoms in total. The van der Waals surface area contributed by atoms with Crippen LogP contribution in [0.1, 0.15) is 66.0 Å². The van der Waals surface area contributed by atoms with Crippen molar-refractivity contribution in [3.8, 4) is 0 Å². The van der Waals surface area contributed by atoms with Crippen molar-refractivity contribution in [2.45, 2.75) is 65.2 Å². The molecule has 0 aliphatic carbocycles. The van der Waals surface area contributed by atoms with E-state index in [1.54, 1.807) is 0 Å². The molecule has 0 bridgehead atoms. The highest BCUT2D eigenvalue weighted by Gasteiger charge is 2.28. The van der Waals surface area contributed by atoms with E-state index in [-0.39, 0.29) is 10.8 Å². The minimum Gasteiger partial charge on any atom is -0.217 e. The van der Waals surface area contributed by atoms with Gasteiger partial charge in [-0.3, -0.25) is 0 Å². The van der Waals surface area contributed by atoms with Crippen LogP contribution in [0.4, 0.5) is 0 Å². The molecule has 4 heteroatoms. The van der Waals surface area contributed by atoms with Gasteiger partial charge in [-0.15, -0.1) is 0 Å². The summed E-state index contributed by atoms with van der Waals surface area (Å²) in [6.45, 7) is 12.8. The minimum absolute atomic E-state index is 0.0643. The first-order chi connectivity index (χ1) is 7.73. The second-order valence-corrected chi connectivity index (χ2v) is 6.06. The molecule has 0 amide bonds. The molecule has 0 fully saturated rings. The van der Waals surface area contributed by atoms with E-state index in [2.05, 4.69) is 56.5 Å². The molecule has 1 heterocycles. The van der Waals surface area contributed by atoms with Crippen LogP contribution in [0, 0.1) is 0 Å². The first-order valence-corrected chi connectivity index (χ1v) is 6.53. The van der Waals surface area contributed by atoms with Gasteiger partial charge in [-0.2, -0.15) is 0 Å². The van der Waals surface area contributed by atoms with Crippen molar-refractivity contribution in [3.63, 3.8) is 0 Å². The van der Waals surface area contributed by atoms with E-state index >= 15 is 0 Å². The third kappa shape index (κ3) is 3.15. The van der Waals surface area contributed by atoms with Crippen LogP contribution in [0.2, 0.25) is 5.28 Å². The fourth-order valence-electron chi connectivity index (χ4n) is 1.27. The molecule has 96 valence electrons. The minimum atomic E-state index is -0.0643. The SMILES string of the molecule is CCC(C)(C)c1nc(Cl)nc(C(C)(C)CC)n1. The Hall–Kier alpha value is -0.700. The largest absolute Gasteiger partial charge is 0.225 e. The lowest BCUT2D eigenvalue weighted by atomic mass is 9.87. The molecule has 1 aromatic heterocycles. The van der Waals surface area contributed by atoms with Crippen LogP contribution in [-0.2, 0) is 10.8 Å². The van der Waals surface area contributed by atoms with E-state index in [4.69, 9.17) is 11.6 Å². The molecule has 0 saturated heterocycles. The third-order valence-electron chi connectivity index (χ3n) is 3.59. The second-order valence-electron chi connectivity index (χ2n) is 5.73. The maximum Gasteiger partial charge on any atom is 0.225 e. The topological polar surface area (TPSA) is 38.7 Å². The molecule has 0 unspecified atom stereocenters. The Morgan fingerprint density at radius 1 is 0.824 bits per heavy atom.